The number of aryl methyl sites for hydroxylation is 1. The van der Waals surface area contributed by atoms with Crippen LogP contribution in [0.1, 0.15) is 31.9 Å². The van der Waals surface area contributed by atoms with E-state index in [9.17, 15) is 19.2 Å². The second-order valence-electron chi connectivity index (χ2n) is 9.32. The summed E-state index contributed by atoms with van der Waals surface area (Å²) in [5, 5.41) is 0. The lowest BCUT2D eigenvalue weighted by molar-refractivity contribution is -0.136. The largest absolute Gasteiger partial charge is 0.368 e. The molecule has 33 heavy (non-hydrogen) atoms. The van der Waals surface area contributed by atoms with Crippen LogP contribution in [0.25, 0.3) is 11.0 Å². The Morgan fingerprint density at radius 2 is 1.58 bits per heavy atom. The zero-order valence-electron chi connectivity index (χ0n) is 19.5. The summed E-state index contributed by atoms with van der Waals surface area (Å²) in [5.74, 6) is -1.14. The smallest absolute Gasteiger partial charge is 0.330 e. The number of carbonyl (C=O) groups is 3. The summed E-state index contributed by atoms with van der Waals surface area (Å²) in [6, 6.07) is 14.7. The molecule has 174 valence electrons. The number of imidazole rings is 1. The minimum absolute atomic E-state index is 0.0848. The quantitative estimate of drug-likeness (QED) is 0.568. The van der Waals surface area contributed by atoms with Crippen molar-refractivity contribution in [3.05, 3.63) is 70.1 Å². The molecule has 0 atom stereocenters. The summed E-state index contributed by atoms with van der Waals surface area (Å²) in [5.41, 5.74) is 7.24. The van der Waals surface area contributed by atoms with Gasteiger partial charge >= 0.3 is 5.69 Å². The highest BCUT2D eigenvalue weighted by molar-refractivity contribution is 5.87. The Kier molecular flexibility index (Phi) is 6.86. The van der Waals surface area contributed by atoms with Crippen molar-refractivity contribution in [3.8, 4) is 0 Å². The lowest BCUT2D eigenvalue weighted by atomic mass is 9.91. The summed E-state index contributed by atoms with van der Waals surface area (Å²) in [6.45, 7) is 6.89. The van der Waals surface area contributed by atoms with Gasteiger partial charge in [-0.15, -0.1) is 0 Å². The van der Waals surface area contributed by atoms with Crippen LogP contribution in [-0.2, 0) is 34.0 Å². The van der Waals surface area contributed by atoms with Gasteiger partial charge in [0, 0.05) is 12.0 Å². The number of Topliss-reactive ketones (excluding diaryl/α,β-unsaturated/α-hetero) is 1. The number of primary amides is 1. The molecular weight excluding hydrogens is 420 g/mol. The second kappa shape index (κ2) is 9.44. The van der Waals surface area contributed by atoms with E-state index < -0.39 is 22.9 Å². The molecule has 0 aliphatic carbocycles. The molecule has 0 aliphatic rings. The van der Waals surface area contributed by atoms with E-state index in [1.807, 2.05) is 49.4 Å². The number of rotatable bonds is 8. The van der Waals surface area contributed by atoms with Crippen molar-refractivity contribution in [2.45, 2.75) is 47.3 Å². The Labute approximate surface area is 192 Å². The lowest BCUT2D eigenvalue weighted by Crippen LogP contribution is -2.41. The van der Waals surface area contributed by atoms with Crippen molar-refractivity contribution < 1.29 is 14.4 Å². The van der Waals surface area contributed by atoms with Crippen molar-refractivity contribution in [2.24, 2.45) is 11.1 Å². The fourth-order valence-corrected chi connectivity index (χ4v) is 3.58. The van der Waals surface area contributed by atoms with Gasteiger partial charge in [-0.1, -0.05) is 57.2 Å². The highest BCUT2D eigenvalue weighted by Gasteiger charge is 2.25. The first-order valence-corrected chi connectivity index (χ1v) is 10.8. The molecule has 0 unspecified atom stereocenters. The molecule has 3 rings (SSSR count). The average Bonchev–Trinajstić information content (AvgIpc) is 2.98. The van der Waals surface area contributed by atoms with E-state index in [-0.39, 0.29) is 32.0 Å². The van der Waals surface area contributed by atoms with E-state index in [0.717, 1.165) is 11.1 Å². The highest BCUT2D eigenvalue weighted by atomic mass is 16.2. The van der Waals surface area contributed by atoms with Gasteiger partial charge in [0.25, 0.3) is 0 Å². The number of carbonyl (C=O) groups excluding carboxylic acids is 3. The van der Waals surface area contributed by atoms with Crippen LogP contribution in [0.3, 0.4) is 0 Å². The van der Waals surface area contributed by atoms with Crippen molar-refractivity contribution in [1.82, 2.24) is 14.0 Å². The number of aromatic nitrogens is 2. The molecule has 1 heterocycles. The standard InChI is InChI=1S/C25H30N4O4/c1-17-10-11-19-20(12-17)28(14-21(30)25(2,3)4)24(33)29(19)16-23(32)27(15-22(26)31)13-18-8-6-5-7-9-18/h5-12H,13-16H2,1-4H3,(H2,26,31). The molecule has 8 heteroatoms. The first-order chi connectivity index (χ1) is 15.5. The molecule has 0 spiro atoms. The molecule has 3 aromatic rings. The molecule has 2 amide bonds. The van der Waals surface area contributed by atoms with E-state index >= 15 is 0 Å². The fraction of sp³-hybridized carbons (Fsp3) is 0.360. The van der Waals surface area contributed by atoms with Crippen molar-refractivity contribution in [2.75, 3.05) is 6.54 Å². The molecule has 0 fully saturated rings. The van der Waals surface area contributed by atoms with Gasteiger partial charge in [-0.2, -0.15) is 0 Å². The van der Waals surface area contributed by atoms with Crippen LogP contribution in [0.4, 0.5) is 0 Å². The minimum Gasteiger partial charge on any atom is -0.368 e. The highest BCUT2D eigenvalue weighted by Crippen LogP contribution is 2.20. The SMILES string of the molecule is Cc1ccc2c(c1)n(CC(=O)C(C)(C)C)c(=O)n2CC(=O)N(CC(N)=O)Cc1ccccc1. The van der Waals surface area contributed by atoms with Gasteiger partial charge in [-0.3, -0.25) is 23.5 Å². The van der Waals surface area contributed by atoms with Gasteiger partial charge in [0.1, 0.15) is 6.54 Å². The van der Waals surface area contributed by atoms with Crippen LogP contribution in [0.15, 0.2) is 53.3 Å². The summed E-state index contributed by atoms with van der Waals surface area (Å²) in [7, 11) is 0. The number of amides is 2. The van der Waals surface area contributed by atoms with E-state index in [1.54, 1.807) is 26.8 Å². The van der Waals surface area contributed by atoms with Crippen LogP contribution in [0.5, 0.6) is 0 Å². The lowest BCUT2D eigenvalue weighted by Gasteiger charge is -2.21. The van der Waals surface area contributed by atoms with Crippen LogP contribution in [-0.4, -0.2) is 38.2 Å². The average molecular weight is 451 g/mol. The number of ketones is 1. The van der Waals surface area contributed by atoms with Gasteiger partial charge in [0.05, 0.1) is 24.1 Å². The summed E-state index contributed by atoms with van der Waals surface area (Å²) < 4.78 is 2.77. The number of nitrogens with zero attached hydrogens (tertiary/aromatic N) is 3. The molecular formula is C25H30N4O4. The number of benzene rings is 2. The zero-order chi connectivity index (χ0) is 24.3. The number of hydrogen-bond donors (Lipinski definition) is 1. The molecule has 0 aliphatic heterocycles. The normalized spacial score (nSPS) is 11.5. The first kappa shape index (κ1) is 24.0. The first-order valence-electron chi connectivity index (χ1n) is 10.8. The Bertz CT molecular complexity index is 1250. The number of fused-ring (bicyclic) bond motifs is 1. The van der Waals surface area contributed by atoms with E-state index in [2.05, 4.69) is 0 Å². The Morgan fingerprint density at radius 1 is 0.939 bits per heavy atom. The monoisotopic (exact) mass is 450 g/mol. The van der Waals surface area contributed by atoms with E-state index in [4.69, 9.17) is 5.73 Å². The molecule has 0 saturated heterocycles. The fourth-order valence-electron chi connectivity index (χ4n) is 3.58. The van der Waals surface area contributed by atoms with Crippen molar-refractivity contribution in [1.29, 1.82) is 0 Å². The predicted octanol–water partition coefficient (Wildman–Crippen LogP) is 2.24. The predicted molar refractivity (Wildman–Crippen MR) is 126 cm³/mol. The molecule has 0 saturated carbocycles. The van der Waals surface area contributed by atoms with Gasteiger partial charge < -0.3 is 10.6 Å². The Hall–Kier alpha value is -3.68. The maximum Gasteiger partial charge on any atom is 0.330 e. The Morgan fingerprint density at radius 3 is 2.18 bits per heavy atom. The third-order valence-corrected chi connectivity index (χ3v) is 5.52. The van der Waals surface area contributed by atoms with Crippen LogP contribution < -0.4 is 11.4 Å². The van der Waals surface area contributed by atoms with E-state index in [1.165, 1.54) is 14.0 Å². The van der Waals surface area contributed by atoms with Crippen LogP contribution in [0, 0.1) is 12.3 Å². The molecule has 1 aromatic heterocycles. The van der Waals surface area contributed by atoms with Crippen molar-refractivity contribution in [3.63, 3.8) is 0 Å². The topological polar surface area (TPSA) is 107 Å². The third kappa shape index (κ3) is 5.58. The number of nitrogens with two attached hydrogens (primary N) is 1. The maximum absolute atomic E-state index is 13.3. The maximum atomic E-state index is 13.3. The zero-order valence-corrected chi connectivity index (χ0v) is 19.5. The van der Waals surface area contributed by atoms with Gasteiger partial charge in [0.2, 0.25) is 11.8 Å². The number of hydrogen-bond acceptors (Lipinski definition) is 4. The van der Waals surface area contributed by atoms with Crippen LogP contribution >= 0.6 is 0 Å². The molecule has 8 nitrogen and oxygen atoms in total. The molecule has 2 aromatic carbocycles. The van der Waals surface area contributed by atoms with Gasteiger partial charge in [0.15, 0.2) is 5.78 Å². The third-order valence-electron chi connectivity index (χ3n) is 5.52. The second-order valence-corrected chi connectivity index (χ2v) is 9.32. The van der Waals surface area contributed by atoms with Gasteiger partial charge in [-0.05, 0) is 30.2 Å². The molecule has 0 radical (unpaired) electrons. The minimum atomic E-state index is -0.638. The summed E-state index contributed by atoms with van der Waals surface area (Å²) in [4.78, 5) is 52.1. The van der Waals surface area contributed by atoms with Crippen molar-refractivity contribution >= 4 is 28.6 Å². The summed E-state index contributed by atoms with van der Waals surface area (Å²) >= 11 is 0. The van der Waals surface area contributed by atoms with Gasteiger partial charge in [-0.25, -0.2) is 4.79 Å². The Balaban J connectivity index is 1.99. The molecule has 0 bridgehead atoms. The van der Waals surface area contributed by atoms with Crippen LogP contribution in [0.2, 0.25) is 0 Å². The van der Waals surface area contributed by atoms with E-state index in [0.29, 0.717) is 11.0 Å². The molecule has 2 N–H and O–H groups in total. The summed E-state index contributed by atoms with van der Waals surface area (Å²) in [6.07, 6.45) is 0.